The van der Waals surface area contributed by atoms with Crippen LogP contribution in [0.1, 0.15) is 37.4 Å². The maximum absolute atomic E-state index is 12.9. The van der Waals surface area contributed by atoms with Crippen molar-refractivity contribution in [2.75, 3.05) is 13.7 Å². The van der Waals surface area contributed by atoms with Gasteiger partial charge >= 0.3 is 0 Å². The zero-order valence-electron chi connectivity index (χ0n) is 17.0. The van der Waals surface area contributed by atoms with Crippen molar-refractivity contribution in [3.8, 4) is 11.5 Å². The molecule has 7 heteroatoms. The molecule has 0 bridgehead atoms. The molecule has 1 saturated carbocycles. The van der Waals surface area contributed by atoms with E-state index in [-0.39, 0.29) is 30.7 Å². The molecular formula is C23H25N3O4. The number of nitrogens with one attached hydrogen (secondary N) is 1. The number of amides is 1. The lowest BCUT2D eigenvalue weighted by Crippen LogP contribution is -2.32. The third kappa shape index (κ3) is 4.30. The first kappa shape index (κ1) is 19.9. The van der Waals surface area contributed by atoms with Crippen LogP contribution in [0.5, 0.6) is 11.5 Å². The zero-order valence-corrected chi connectivity index (χ0v) is 17.0. The molecule has 1 aliphatic rings. The molecule has 1 N–H and O–H groups in total. The van der Waals surface area contributed by atoms with Crippen molar-refractivity contribution in [2.45, 2.75) is 38.3 Å². The highest BCUT2D eigenvalue weighted by molar-refractivity contribution is 5.84. The highest BCUT2D eigenvalue weighted by Crippen LogP contribution is 2.28. The molecular weight excluding hydrogens is 382 g/mol. The number of carbonyl (C=O) groups excluding carboxylic acids is 1. The van der Waals surface area contributed by atoms with Crippen LogP contribution >= 0.6 is 0 Å². The summed E-state index contributed by atoms with van der Waals surface area (Å²) < 4.78 is 12.2. The van der Waals surface area contributed by atoms with E-state index in [1.807, 2.05) is 24.3 Å². The van der Waals surface area contributed by atoms with Crippen LogP contribution in [0.3, 0.4) is 0 Å². The van der Waals surface area contributed by atoms with Gasteiger partial charge in [-0.05, 0) is 43.2 Å². The summed E-state index contributed by atoms with van der Waals surface area (Å²) in [4.78, 5) is 25.2. The molecule has 1 fully saturated rings. The maximum Gasteiger partial charge on any atom is 0.274 e. The van der Waals surface area contributed by atoms with Crippen molar-refractivity contribution >= 4 is 16.7 Å². The minimum Gasteiger partial charge on any atom is -0.497 e. The lowest BCUT2D eigenvalue weighted by atomic mass is 10.1. The fourth-order valence-electron chi connectivity index (χ4n) is 3.86. The predicted octanol–water partition coefficient (Wildman–Crippen LogP) is 3.22. The fraction of sp³-hybridized carbons (Fsp3) is 0.348. The van der Waals surface area contributed by atoms with Crippen molar-refractivity contribution < 1.29 is 14.3 Å². The van der Waals surface area contributed by atoms with Crippen LogP contribution in [0.15, 0.2) is 53.3 Å². The number of rotatable bonds is 7. The van der Waals surface area contributed by atoms with Crippen LogP contribution in [0.2, 0.25) is 0 Å². The smallest absolute Gasteiger partial charge is 0.274 e. The lowest BCUT2D eigenvalue weighted by molar-refractivity contribution is -0.123. The van der Waals surface area contributed by atoms with Crippen molar-refractivity contribution in [3.05, 3.63) is 64.6 Å². The van der Waals surface area contributed by atoms with Gasteiger partial charge in [-0.3, -0.25) is 9.59 Å². The third-order valence-corrected chi connectivity index (χ3v) is 5.46. The summed E-state index contributed by atoms with van der Waals surface area (Å²) in [7, 11) is 1.59. The number of hydrogen-bond acceptors (Lipinski definition) is 5. The average Bonchev–Trinajstić information content (AvgIpc) is 3.32. The van der Waals surface area contributed by atoms with Gasteiger partial charge < -0.3 is 14.8 Å². The normalized spacial score (nSPS) is 14.0. The van der Waals surface area contributed by atoms with Gasteiger partial charge in [0.1, 0.15) is 11.5 Å². The SMILES string of the molecule is COc1ccc(OCC(=O)NCc2nn(C3CCCC3)c(=O)c3ccccc23)cc1. The largest absolute Gasteiger partial charge is 0.497 e. The molecule has 156 valence electrons. The van der Waals surface area contributed by atoms with Gasteiger partial charge in [-0.2, -0.15) is 5.10 Å². The van der Waals surface area contributed by atoms with Crippen LogP contribution in [-0.4, -0.2) is 29.4 Å². The van der Waals surface area contributed by atoms with Gasteiger partial charge in [-0.1, -0.05) is 31.0 Å². The summed E-state index contributed by atoms with van der Waals surface area (Å²) in [5.74, 6) is 1.06. The van der Waals surface area contributed by atoms with Gasteiger partial charge in [-0.25, -0.2) is 4.68 Å². The molecule has 1 amide bonds. The number of nitrogens with zero attached hydrogens (tertiary/aromatic N) is 2. The number of carbonyl (C=O) groups is 1. The van der Waals surface area contributed by atoms with E-state index in [9.17, 15) is 9.59 Å². The third-order valence-electron chi connectivity index (χ3n) is 5.46. The Morgan fingerprint density at radius 1 is 1.07 bits per heavy atom. The Hall–Kier alpha value is -3.35. The summed E-state index contributed by atoms with van der Waals surface area (Å²) in [5, 5.41) is 8.89. The van der Waals surface area contributed by atoms with E-state index in [4.69, 9.17) is 9.47 Å². The van der Waals surface area contributed by atoms with E-state index >= 15 is 0 Å². The summed E-state index contributed by atoms with van der Waals surface area (Å²) >= 11 is 0. The Morgan fingerprint density at radius 3 is 2.43 bits per heavy atom. The molecule has 30 heavy (non-hydrogen) atoms. The summed E-state index contributed by atoms with van der Waals surface area (Å²) in [5.41, 5.74) is 0.630. The molecule has 1 aliphatic carbocycles. The average molecular weight is 407 g/mol. The van der Waals surface area contributed by atoms with Gasteiger partial charge in [0.25, 0.3) is 11.5 Å². The number of benzene rings is 2. The van der Waals surface area contributed by atoms with Crippen molar-refractivity contribution in [2.24, 2.45) is 0 Å². The Morgan fingerprint density at radius 2 is 1.73 bits per heavy atom. The van der Waals surface area contributed by atoms with Gasteiger partial charge in [0, 0.05) is 5.39 Å². The van der Waals surface area contributed by atoms with E-state index in [0.717, 1.165) is 36.8 Å². The molecule has 0 spiro atoms. The number of ether oxygens (including phenoxy) is 2. The molecule has 0 radical (unpaired) electrons. The van der Waals surface area contributed by atoms with Crippen molar-refractivity contribution in [1.82, 2.24) is 15.1 Å². The van der Waals surface area contributed by atoms with Gasteiger partial charge in [-0.15, -0.1) is 0 Å². The molecule has 4 rings (SSSR count). The molecule has 0 saturated heterocycles. The summed E-state index contributed by atoms with van der Waals surface area (Å²) in [6.45, 7) is 0.130. The maximum atomic E-state index is 12.9. The first-order valence-electron chi connectivity index (χ1n) is 10.2. The molecule has 0 atom stereocenters. The number of hydrogen-bond donors (Lipinski definition) is 1. The summed E-state index contributed by atoms with van der Waals surface area (Å²) in [6, 6.07) is 14.6. The Kier molecular flexibility index (Phi) is 5.97. The van der Waals surface area contributed by atoms with E-state index in [0.29, 0.717) is 16.8 Å². The van der Waals surface area contributed by atoms with E-state index in [2.05, 4.69) is 10.4 Å². The Balaban J connectivity index is 1.46. The first-order valence-corrected chi connectivity index (χ1v) is 10.2. The molecule has 1 aromatic heterocycles. The van der Waals surface area contributed by atoms with Gasteiger partial charge in [0.15, 0.2) is 6.61 Å². The molecule has 2 aromatic carbocycles. The highest BCUT2D eigenvalue weighted by Gasteiger charge is 2.21. The minimum atomic E-state index is -0.254. The standard InChI is InChI=1S/C23H25N3O4/c1-29-17-10-12-18(13-11-17)30-15-22(27)24-14-21-19-8-4-5-9-20(19)23(28)26(25-21)16-6-2-3-7-16/h4-5,8-13,16H,2-3,6-7,14-15H2,1H3,(H,24,27). The van der Waals surface area contributed by atoms with Crippen LogP contribution in [0.4, 0.5) is 0 Å². The first-order chi connectivity index (χ1) is 14.7. The second-order valence-corrected chi connectivity index (χ2v) is 7.42. The van der Waals surface area contributed by atoms with E-state index < -0.39 is 0 Å². The van der Waals surface area contributed by atoms with Crippen molar-refractivity contribution in [1.29, 1.82) is 0 Å². The van der Waals surface area contributed by atoms with Crippen molar-refractivity contribution in [3.63, 3.8) is 0 Å². The van der Waals surface area contributed by atoms with Crippen LogP contribution < -0.4 is 20.3 Å². The molecule has 0 aliphatic heterocycles. The topological polar surface area (TPSA) is 82.4 Å². The van der Waals surface area contributed by atoms with Crippen LogP contribution in [0.25, 0.3) is 10.8 Å². The summed E-state index contributed by atoms with van der Waals surface area (Å²) in [6.07, 6.45) is 4.15. The number of methoxy groups -OCH3 is 1. The monoisotopic (exact) mass is 407 g/mol. The fourth-order valence-corrected chi connectivity index (χ4v) is 3.86. The Bertz CT molecular complexity index is 1090. The van der Waals surface area contributed by atoms with Crippen LogP contribution in [-0.2, 0) is 11.3 Å². The highest BCUT2D eigenvalue weighted by atomic mass is 16.5. The minimum absolute atomic E-state index is 0.0598. The Labute approximate surface area is 174 Å². The van der Waals surface area contributed by atoms with Gasteiger partial charge in [0.2, 0.25) is 0 Å². The quantitative estimate of drug-likeness (QED) is 0.650. The second-order valence-electron chi connectivity index (χ2n) is 7.42. The van der Waals surface area contributed by atoms with Gasteiger partial charge in [0.05, 0.1) is 30.8 Å². The van der Waals surface area contributed by atoms with Crippen LogP contribution in [0, 0.1) is 0 Å². The number of aromatic nitrogens is 2. The van der Waals surface area contributed by atoms with E-state index in [1.54, 1.807) is 36.1 Å². The molecule has 7 nitrogen and oxygen atoms in total. The molecule has 3 aromatic rings. The lowest BCUT2D eigenvalue weighted by Gasteiger charge is -2.16. The zero-order chi connectivity index (χ0) is 20.9. The molecule has 1 heterocycles. The number of fused-ring (bicyclic) bond motifs is 1. The predicted molar refractivity (Wildman–Crippen MR) is 114 cm³/mol. The second kappa shape index (κ2) is 8.98. The molecule has 0 unspecified atom stereocenters. The van der Waals surface area contributed by atoms with E-state index in [1.165, 1.54) is 0 Å².